The third-order valence-electron chi connectivity index (χ3n) is 4.39. The molecule has 0 radical (unpaired) electrons. The Bertz CT molecular complexity index is 818. The Hall–Kier alpha value is -2.89. The number of benzene rings is 2. The molecule has 1 amide bonds. The topological polar surface area (TPSA) is 57.2 Å². The lowest BCUT2D eigenvalue weighted by atomic mass is 10.1. The number of ether oxygens (including phenoxy) is 4. The van der Waals surface area contributed by atoms with Crippen LogP contribution in [0, 0.1) is 6.92 Å². The number of hydrogen-bond acceptors (Lipinski definition) is 5. The predicted octanol–water partition coefficient (Wildman–Crippen LogP) is 3.06. The molecule has 0 aliphatic carbocycles. The number of carbonyl (C=O) groups is 1. The van der Waals surface area contributed by atoms with E-state index in [0.29, 0.717) is 48.3 Å². The van der Waals surface area contributed by atoms with Gasteiger partial charge in [0.2, 0.25) is 0 Å². The molecular weight excluding hydrogens is 334 g/mol. The molecule has 1 aliphatic heterocycles. The van der Waals surface area contributed by atoms with Gasteiger partial charge in [-0.05, 0) is 48.4 Å². The van der Waals surface area contributed by atoms with Gasteiger partial charge in [-0.2, -0.15) is 0 Å². The molecule has 0 spiro atoms. The van der Waals surface area contributed by atoms with Gasteiger partial charge in [0.25, 0.3) is 5.91 Å². The summed E-state index contributed by atoms with van der Waals surface area (Å²) in [6, 6.07) is 9.08. The summed E-state index contributed by atoms with van der Waals surface area (Å²) in [5.74, 6) is 2.52. The molecule has 3 rings (SSSR count). The van der Waals surface area contributed by atoms with Gasteiger partial charge < -0.3 is 23.8 Å². The smallest absolute Gasteiger partial charge is 0.254 e. The fraction of sp³-hybridized carbons (Fsp3) is 0.350. The van der Waals surface area contributed by atoms with Gasteiger partial charge >= 0.3 is 0 Å². The average molecular weight is 357 g/mol. The van der Waals surface area contributed by atoms with Gasteiger partial charge in [0, 0.05) is 19.2 Å². The van der Waals surface area contributed by atoms with Gasteiger partial charge in [-0.25, -0.2) is 0 Å². The Kier molecular flexibility index (Phi) is 5.21. The summed E-state index contributed by atoms with van der Waals surface area (Å²) in [6.45, 7) is 3.46. The minimum absolute atomic E-state index is 0.0869. The molecule has 0 bridgehead atoms. The Labute approximate surface area is 153 Å². The van der Waals surface area contributed by atoms with Gasteiger partial charge in [0.1, 0.15) is 13.2 Å². The second-order valence-corrected chi connectivity index (χ2v) is 6.15. The zero-order chi connectivity index (χ0) is 18.7. The summed E-state index contributed by atoms with van der Waals surface area (Å²) in [7, 11) is 4.98. The maximum atomic E-state index is 12.8. The second-order valence-electron chi connectivity index (χ2n) is 6.15. The van der Waals surface area contributed by atoms with Crippen molar-refractivity contribution in [2.75, 3.05) is 34.5 Å². The minimum Gasteiger partial charge on any atom is -0.493 e. The van der Waals surface area contributed by atoms with Crippen LogP contribution in [0.4, 0.5) is 0 Å². The molecule has 6 heteroatoms. The van der Waals surface area contributed by atoms with Crippen molar-refractivity contribution < 1.29 is 23.7 Å². The zero-order valence-electron chi connectivity index (χ0n) is 15.5. The highest BCUT2D eigenvalue weighted by Gasteiger charge is 2.19. The van der Waals surface area contributed by atoms with Crippen molar-refractivity contribution in [2.24, 2.45) is 0 Å². The molecule has 0 aromatic heterocycles. The summed E-state index contributed by atoms with van der Waals surface area (Å²) in [4.78, 5) is 14.5. The standard InChI is InChI=1S/C20H23NO5/c1-13-9-17(23-3)18(24-4)11-15(13)12-21(2)20(22)14-5-6-16-19(10-14)26-8-7-25-16/h5-6,9-11H,7-8,12H2,1-4H3. The van der Waals surface area contributed by atoms with E-state index in [1.54, 1.807) is 44.4 Å². The van der Waals surface area contributed by atoms with Crippen molar-refractivity contribution in [1.29, 1.82) is 0 Å². The molecule has 138 valence electrons. The minimum atomic E-state index is -0.0869. The quantitative estimate of drug-likeness (QED) is 0.823. The number of carbonyl (C=O) groups excluding carboxylic acids is 1. The van der Waals surface area contributed by atoms with E-state index < -0.39 is 0 Å². The molecule has 1 heterocycles. The molecule has 0 atom stereocenters. The first-order chi connectivity index (χ1) is 12.5. The van der Waals surface area contributed by atoms with E-state index in [-0.39, 0.29) is 5.91 Å². The van der Waals surface area contributed by atoms with Gasteiger partial charge in [-0.15, -0.1) is 0 Å². The summed E-state index contributed by atoms with van der Waals surface area (Å²) in [5.41, 5.74) is 2.59. The van der Waals surface area contributed by atoms with Gasteiger partial charge in [-0.3, -0.25) is 4.79 Å². The highest BCUT2D eigenvalue weighted by Crippen LogP contribution is 2.32. The molecule has 2 aromatic carbocycles. The van der Waals surface area contributed by atoms with E-state index in [1.165, 1.54) is 0 Å². The summed E-state index contributed by atoms with van der Waals surface area (Å²) >= 11 is 0. The van der Waals surface area contributed by atoms with Crippen LogP contribution in [0.25, 0.3) is 0 Å². The molecular formula is C20H23NO5. The fourth-order valence-electron chi connectivity index (χ4n) is 2.92. The van der Waals surface area contributed by atoms with Crippen molar-refractivity contribution in [3.63, 3.8) is 0 Å². The number of fused-ring (bicyclic) bond motifs is 1. The van der Waals surface area contributed by atoms with Crippen LogP contribution in [-0.2, 0) is 6.54 Å². The number of hydrogen-bond donors (Lipinski definition) is 0. The van der Waals surface area contributed by atoms with Crippen LogP contribution in [-0.4, -0.2) is 45.3 Å². The second kappa shape index (κ2) is 7.56. The lowest BCUT2D eigenvalue weighted by molar-refractivity contribution is 0.0783. The molecule has 2 aromatic rings. The van der Waals surface area contributed by atoms with Crippen molar-refractivity contribution >= 4 is 5.91 Å². The Morgan fingerprint density at radius 3 is 2.38 bits per heavy atom. The highest BCUT2D eigenvalue weighted by atomic mass is 16.6. The fourth-order valence-corrected chi connectivity index (χ4v) is 2.92. The monoisotopic (exact) mass is 357 g/mol. The summed E-state index contributed by atoms with van der Waals surface area (Å²) in [6.07, 6.45) is 0. The van der Waals surface area contributed by atoms with E-state index in [4.69, 9.17) is 18.9 Å². The van der Waals surface area contributed by atoms with Crippen LogP contribution in [0.1, 0.15) is 21.5 Å². The van der Waals surface area contributed by atoms with Crippen molar-refractivity contribution in [2.45, 2.75) is 13.5 Å². The maximum absolute atomic E-state index is 12.8. The molecule has 6 nitrogen and oxygen atoms in total. The first-order valence-corrected chi connectivity index (χ1v) is 8.40. The average Bonchev–Trinajstić information content (AvgIpc) is 2.68. The lowest BCUT2D eigenvalue weighted by Gasteiger charge is -2.22. The van der Waals surface area contributed by atoms with Crippen LogP contribution < -0.4 is 18.9 Å². The number of methoxy groups -OCH3 is 2. The maximum Gasteiger partial charge on any atom is 0.254 e. The van der Waals surface area contributed by atoms with Gasteiger partial charge in [0.15, 0.2) is 23.0 Å². The van der Waals surface area contributed by atoms with Crippen LogP contribution in [0.3, 0.4) is 0 Å². The number of aryl methyl sites for hydroxylation is 1. The van der Waals surface area contributed by atoms with E-state index in [2.05, 4.69) is 0 Å². The van der Waals surface area contributed by atoms with Crippen LogP contribution >= 0.6 is 0 Å². The molecule has 0 saturated heterocycles. The summed E-state index contributed by atoms with van der Waals surface area (Å²) < 4.78 is 21.7. The summed E-state index contributed by atoms with van der Waals surface area (Å²) in [5, 5.41) is 0. The van der Waals surface area contributed by atoms with E-state index in [0.717, 1.165) is 11.1 Å². The highest BCUT2D eigenvalue weighted by molar-refractivity contribution is 5.94. The third-order valence-corrected chi connectivity index (χ3v) is 4.39. The lowest BCUT2D eigenvalue weighted by Crippen LogP contribution is -2.27. The largest absolute Gasteiger partial charge is 0.493 e. The van der Waals surface area contributed by atoms with E-state index in [9.17, 15) is 4.79 Å². The van der Waals surface area contributed by atoms with Crippen molar-refractivity contribution in [1.82, 2.24) is 4.90 Å². The SMILES string of the molecule is COc1cc(C)c(CN(C)C(=O)c2ccc3c(c2)OCCO3)cc1OC. The number of nitrogens with zero attached hydrogens (tertiary/aromatic N) is 1. The van der Waals surface area contributed by atoms with Gasteiger partial charge in [0.05, 0.1) is 14.2 Å². The van der Waals surface area contributed by atoms with Crippen LogP contribution in [0.5, 0.6) is 23.0 Å². The normalized spacial score (nSPS) is 12.5. The first kappa shape index (κ1) is 17.9. The Morgan fingerprint density at radius 1 is 1.04 bits per heavy atom. The van der Waals surface area contributed by atoms with Crippen LogP contribution in [0.2, 0.25) is 0 Å². The predicted molar refractivity (Wildman–Crippen MR) is 97.5 cm³/mol. The number of amides is 1. The molecule has 0 unspecified atom stereocenters. The van der Waals surface area contributed by atoms with Crippen molar-refractivity contribution in [3.8, 4) is 23.0 Å². The third kappa shape index (κ3) is 3.54. The van der Waals surface area contributed by atoms with E-state index >= 15 is 0 Å². The van der Waals surface area contributed by atoms with Crippen molar-refractivity contribution in [3.05, 3.63) is 47.0 Å². The number of rotatable bonds is 5. The Balaban J connectivity index is 1.79. The van der Waals surface area contributed by atoms with Gasteiger partial charge in [-0.1, -0.05) is 0 Å². The molecule has 0 saturated carbocycles. The first-order valence-electron chi connectivity index (χ1n) is 8.40. The molecule has 26 heavy (non-hydrogen) atoms. The molecule has 0 N–H and O–H groups in total. The molecule has 0 fully saturated rings. The van der Waals surface area contributed by atoms with Crippen LogP contribution in [0.15, 0.2) is 30.3 Å². The molecule has 1 aliphatic rings. The zero-order valence-corrected chi connectivity index (χ0v) is 15.5. The van der Waals surface area contributed by atoms with E-state index in [1.807, 2.05) is 19.1 Å². The Morgan fingerprint density at radius 2 is 1.69 bits per heavy atom.